The van der Waals surface area contributed by atoms with Gasteiger partial charge in [-0.2, -0.15) is 0 Å². The van der Waals surface area contributed by atoms with E-state index in [2.05, 4.69) is 36.7 Å². The van der Waals surface area contributed by atoms with Crippen LogP contribution < -0.4 is 0 Å². The first-order valence-electron chi connectivity index (χ1n) is 7.92. The van der Waals surface area contributed by atoms with Gasteiger partial charge in [-0.05, 0) is 60.8 Å². The fraction of sp³-hybridized carbons (Fsp3) is 0.667. The molecule has 1 aliphatic rings. The Kier molecular flexibility index (Phi) is 5.15. The molecule has 0 aliphatic heterocycles. The molecule has 1 nitrogen and oxygen atoms in total. The molecule has 0 bridgehead atoms. The van der Waals surface area contributed by atoms with Crippen LogP contribution in [-0.2, 0) is 6.42 Å². The lowest BCUT2D eigenvalue weighted by molar-refractivity contribution is -0.0277. The van der Waals surface area contributed by atoms with Gasteiger partial charge in [-0.1, -0.05) is 43.1 Å². The zero-order valence-electron chi connectivity index (χ0n) is 13.3. The first kappa shape index (κ1) is 17.0. The average Bonchev–Trinajstić information content (AvgIpc) is 2.43. The summed E-state index contributed by atoms with van der Waals surface area (Å²) in [6.07, 6.45) is 5.44. The van der Waals surface area contributed by atoms with E-state index in [0.29, 0.717) is 17.8 Å². The van der Waals surface area contributed by atoms with Gasteiger partial charge in [-0.3, -0.25) is 0 Å². The molecule has 0 radical (unpaired) electrons. The summed E-state index contributed by atoms with van der Waals surface area (Å²) in [7, 11) is 0. The van der Waals surface area contributed by atoms with Gasteiger partial charge < -0.3 is 5.11 Å². The zero-order chi connectivity index (χ0) is 15.7. The largest absolute Gasteiger partial charge is 0.390 e. The second-order valence-corrected chi connectivity index (χ2v) is 8.11. The molecule has 2 rings (SSSR count). The standard InChI is InChI=1S/C18H26BrFO/c1-4-17(2,3)14-7-9-18(21,10-8-14)12-13-11-15(20)5-6-16(13)19/h5-6,11,14,21H,4,7-10,12H2,1-3H3. The minimum Gasteiger partial charge on any atom is -0.390 e. The Labute approximate surface area is 136 Å². The number of hydrogen-bond donors (Lipinski definition) is 1. The Balaban J connectivity index is 2.04. The van der Waals surface area contributed by atoms with Crippen molar-refractivity contribution >= 4 is 15.9 Å². The fourth-order valence-corrected chi connectivity index (χ4v) is 3.82. The van der Waals surface area contributed by atoms with Crippen molar-refractivity contribution in [2.24, 2.45) is 11.3 Å². The molecule has 1 saturated carbocycles. The summed E-state index contributed by atoms with van der Waals surface area (Å²) in [4.78, 5) is 0. The molecule has 0 atom stereocenters. The number of halogens is 2. The van der Waals surface area contributed by atoms with Crippen LogP contribution in [0.25, 0.3) is 0 Å². The maximum absolute atomic E-state index is 13.4. The lowest BCUT2D eigenvalue weighted by Crippen LogP contribution is -2.39. The van der Waals surface area contributed by atoms with E-state index < -0.39 is 5.60 Å². The van der Waals surface area contributed by atoms with E-state index in [1.54, 1.807) is 6.07 Å². The van der Waals surface area contributed by atoms with Crippen molar-refractivity contribution in [2.75, 3.05) is 0 Å². The van der Waals surface area contributed by atoms with Crippen LogP contribution in [0, 0.1) is 17.2 Å². The summed E-state index contributed by atoms with van der Waals surface area (Å²) in [6, 6.07) is 4.70. The topological polar surface area (TPSA) is 20.2 Å². The molecule has 1 fully saturated rings. The van der Waals surface area contributed by atoms with Crippen molar-refractivity contribution < 1.29 is 9.50 Å². The highest BCUT2D eigenvalue weighted by Crippen LogP contribution is 2.44. The molecule has 0 saturated heterocycles. The number of aliphatic hydroxyl groups is 1. The minimum absolute atomic E-state index is 0.238. The maximum Gasteiger partial charge on any atom is 0.123 e. The van der Waals surface area contributed by atoms with Crippen LogP contribution in [0.2, 0.25) is 0 Å². The van der Waals surface area contributed by atoms with E-state index in [0.717, 1.165) is 35.7 Å². The van der Waals surface area contributed by atoms with Crippen molar-refractivity contribution in [1.82, 2.24) is 0 Å². The first-order chi connectivity index (χ1) is 9.76. The van der Waals surface area contributed by atoms with Crippen LogP contribution in [0.4, 0.5) is 4.39 Å². The fourth-order valence-electron chi connectivity index (χ4n) is 3.44. The maximum atomic E-state index is 13.4. The zero-order valence-corrected chi connectivity index (χ0v) is 14.8. The van der Waals surface area contributed by atoms with Crippen molar-refractivity contribution in [2.45, 2.75) is 64.9 Å². The molecule has 0 spiro atoms. The molecule has 1 N–H and O–H groups in total. The summed E-state index contributed by atoms with van der Waals surface area (Å²) in [5, 5.41) is 10.9. The third-order valence-electron chi connectivity index (χ3n) is 5.46. The van der Waals surface area contributed by atoms with Gasteiger partial charge in [0.15, 0.2) is 0 Å². The van der Waals surface area contributed by atoms with Gasteiger partial charge in [0.25, 0.3) is 0 Å². The van der Waals surface area contributed by atoms with Crippen LogP contribution in [0.3, 0.4) is 0 Å². The Bertz CT molecular complexity index is 490. The Morgan fingerprint density at radius 1 is 1.33 bits per heavy atom. The second kappa shape index (κ2) is 6.37. The molecular formula is C18H26BrFO. The normalized spacial score (nSPS) is 26.9. The van der Waals surface area contributed by atoms with Gasteiger partial charge in [0.2, 0.25) is 0 Å². The van der Waals surface area contributed by atoms with Crippen molar-refractivity contribution in [3.63, 3.8) is 0 Å². The van der Waals surface area contributed by atoms with E-state index in [4.69, 9.17) is 0 Å². The van der Waals surface area contributed by atoms with Crippen LogP contribution in [0.5, 0.6) is 0 Å². The smallest absolute Gasteiger partial charge is 0.123 e. The molecule has 1 aromatic carbocycles. The van der Waals surface area contributed by atoms with Crippen molar-refractivity contribution in [1.29, 1.82) is 0 Å². The molecule has 21 heavy (non-hydrogen) atoms. The molecule has 0 unspecified atom stereocenters. The number of rotatable bonds is 4. The number of benzene rings is 1. The van der Waals surface area contributed by atoms with Gasteiger partial charge in [0.1, 0.15) is 5.82 Å². The molecule has 0 aromatic heterocycles. The monoisotopic (exact) mass is 356 g/mol. The van der Waals surface area contributed by atoms with Gasteiger partial charge in [0.05, 0.1) is 5.60 Å². The molecule has 1 aliphatic carbocycles. The van der Waals surface area contributed by atoms with Crippen LogP contribution in [-0.4, -0.2) is 10.7 Å². The summed E-state index contributed by atoms with van der Waals surface area (Å²) in [5.74, 6) is 0.441. The highest BCUT2D eigenvalue weighted by molar-refractivity contribution is 9.10. The summed E-state index contributed by atoms with van der Waals surface area (Å²) >= 11 is 3.46. The van der Waals surface area contributed by atoms with Crippen LogP contribution in [0.15, 0.2) is 22.7 Å². The van der Waals surface area contributed by atoms with E-state index >= 15 is 0 Å². The van der Waals surface area contributed by atoms with E-state index in [9.17, 15) is 9.50 Å². The third-order valence-corrected chi connectivity index (χ3v) is 6.23. The van der Waals surface area contributed by atoms with E-state index in [1.165, 1.54) is 18.6 Å². The quantitative estimate of drug-likeness (QED) is 0.756. The Morgan fingerprint density at radius 2 is 1.95 bits per heavy atom. The van der Waals surface area contributed by atoms with E-state index in [-0.39, 0.29) is 5.82 Å². The highest BCUT2D eigenvalue weighted by atomic mass is 79.9. The highest BCUT2D eigenvalue weighted by Gasteiger charge is 2.38. The minimum atomic E-state index is -0.684. The van der Waals surface area contributed by atoms with Gasteiger partial charge in [0, 0.05) is 10.9 Å². The van der Waals surface area contributed by atoms with Gasteiger partial charge in [-0.25, -0.2) is 4.39 Å². The van der Waals surface area contributed by atoms with Crippen molar-refractivity contribution in [3.05, 3.63) is 34.1 Å². The summed E-state index contributed by atoms with van der Waals surface area (Å²) < 4.78 is 14.3. The van der Waals surface area contributed by atoms with Crippen molar-refractivity contribution in [3.8, 4) is 0 Å². The second-order valence-electron chi connectivity index (χ2n) is 7.25. The molecule has 1 aromatic rings. The third kappa shape index (κ3) is 4.07. The van der Waals surface area contributed by atoms with Crippen LogP contribution >= 0.6 is 15.9 Å². The molecule has 3 heteroatoms. The first-order valence-corrected chi connectivity index (χ1v) is 8.71. The predicted octanol–water partition coefficient (Wildman–Crippen LogP) is 5.49. The average molecular weight is 357 g/mol. The molecular weight excluding hydrogens is 331 g/mol. The lowest BCUT2D eigenvalue weighted by Gasteiger charge is -2.42. The molecule has 0 heterocycles. The molecule has 0 amide bonds. The molecule has 118 valence electrons. The number of hydrogen-bond acceptors (Lipinski definition) is 1. The Morgan fingerprint density at radius 3 is 2.52 bits per heavy atom. The lowest BCUT2D eigenvalue weighted by atomic mass is 9.65. The Hall–Kier alpha value is -0.410. The SMILES string of the molecule is CCC(C)(C)C1CCC(O)(Cc2cc(F)ccc2Br)CC1. The summed E-state index contributed by atoms with van der Waals surface area (Å²) in [5.41, 5.74) is 0.530. The van der Waals surface area contributed by atoms with Gasteiger partial charge in [-0.15, -0.1) is 0 Å². The van der Waals surface area contributed by atoms with E-state index in [1.807, 2.05) is 0 Å². The van der Waals surface area contributed by atoms with Crippen LogP contribution in [0.1, 0.15) is 58.4 Å². The predicted molar refractivity (Wildman–Crippen MR) is 88.8 cm³/mol. The van der Waals surface area contributed by atoms with Gasteiger partial charge >= 0.3 is 0 Å². The summed E-state index contributed by atoms with van der Waals surface area (Å²) in [6.45, 7) is 6.89.